The number of anilines is 1. The maximum Gasteiger partial charge on any atom is 0.252 e. The second-order valence-electron chi connectivity index (χ2n) is 6.82. The summed E-state index contributed by atoms with van der Waals surface area (Å²) in [5.74, 6) is -0.322. The molecule has 0 radical (unpaired) electrons. The van der Waals surface area contributed by atoms with Gasteiger partial charge in [0.1, 0.15) is 5.82 Å². The zero-order valence-electron chi connectivity index (χ0n) is 16.8. The van der Waals surface area contributed by atoms with Crippen molar-refractivity contribution in [1.29, 1.82) is 0 Å². The lowest BCUT2D eigenvalue weighted by Crippen LogP contribution is -2.21. The van der Waals surface area contributed by atoms with Crippen LogP contribution in [0.5, 0.6) is 0 Å². The van der Waals surface area contributed by atoms with Crippen molar-refractivity contribution in [1.82, 2.24) is 19.7 Å². The van der Waals surface area contributed by atoms with Gasteiger partial charge in [-0.05, 0) is 25.5 Å². The van der Waals surface area contributed by atoms with E-state index in [2.05, 4.69) is 20.4 Å². The average Bonchev–Trinajstić information content (AvgIpc) is 3.07. The van der Waals surface area contributed by atoms with Crippen molar-refractivity contribution < 1.29 is 13.2 Å². The molecular weight excluding hydrogens is 406 g/mol. The fraction of sp³-hybridized carbons (Fsp3) is 0.300. The topological polar surface area (TPSA) is 127 Å². The van der Waals surface area contributed by atoms with Crippen LogP contribution in [0.4, 0.5) is 5.82 Å². The number of aromatic amines is 1. The van der Waals surface area contributed by atoms with Crippen LogP contribution in [0.2, 0.25) is 0 Å². The molecule has 0 fully saturated rings. The van der Waals surface area contributed by atoms with Crippen molar-refractivity contribution in [3.63, 3.8) is 0 Å². The quantitative estimate of drug-likeness (QED) is 0.564. The molecule has 2 N–H and O–H groups in total. The van der Waals surface area contributed by atoms with Crippen LogP contribution in [0.25, 0.3) is 5.95 Å². The summed E-state index contributed by atoms with van der Waals surface area (Å²) in [5.41, 5.74) is 0.907. The number of hydrogen-bond acceptors (Lipinski definition) is 6. The van der Waals surface area contributed by atoms with E-state index in [0.29, 0.717) is 23.6 Å². The molecule has 3 aromatic rings. The first-order chi connectivity index (χ1) is 14.3. The summed E-state index contributed by atoms with van der Waals surface area (Å²) >= 11 is 0. The van der Waals surface area contributed by atoms with Crippen molar-refractivity contribution in [3.8, 4) is 5.95 Å². The van der Waals surface area contributed by atoms with E-state index < -0.39 is 15.7 Å². The molecule has 1 aromatic carbocycles. The van der Waals surface area contributed by atoms with Crippen LogP contribution in [0.3, 0.4) is 0 Å². The van der Waals surface area contributed by atoms with E-state index in [1.807, 2.05) is 6.92 Å². The number of nitrogens with zero attached hydrogens (tertiary/aromatic N) is 3. The van der Waals surface area contributed by atoms with E-state index in [4.69, 9.17) is 0 Å². The standard InChI is InChI=1S/C20H23N5O4S/c1-3-7-15-13-19(27)23-20(21-15)25-17(12-14(2)24-25)22-18(26)10-11-30(28,29)16-8-5-4-6-9-16/h4-6,8-9,12-13H,3,7,10-11H2,1-2H3,(H,22,26)(H,21,23,27). The number of aromatic nitrogens is 4. The Labute approximate surface area is 174 Å². The van der Waals surface area contributed by atoms with E-state index in [1.54, 1.807) is 31.2 Å². The number of hydrogen-bond donors (Lipinski definition) is 2. The van der Waals surface area contributed by atoms with Crippen molar-refractivity contribution in [2.75, 3.05) is 11.1 Å². The zero-order chi connectivity index (χ0) is 21.7. The number of carbonyl (C=O) groups is 1. The molecule has 0 aliphatic carbocycles. The van der Waals surface area contributed by atoms with Crippen LogP contribution in [0.1, 0.15) is 31.2 Å². The van der Waals surface area contributed by atoms with Crippen LogP contribution in [-0.2, 0) is 21.1 Å². The maximum absolute atomic E-state index is 12.4. The molecule has 0 saturated heterocycles. The third-order valence-electron chi connectivity index (χ3n) is 4.29. The van der Waals surface area contributed by atoms with Crippen LogP contribution < -0.4 is 10.9 Å². The van der Waals surface area contributed by atoms with E-state index in [0.717, 1.165) is 6.42 Å². The summed E-state index contributed by atoms with van der Waals surface area (Å²) < 4.78 is 26.1. The first-order valence-corrected chi connectivity index (χ1v) is 11.2. The highest BCUT2D eigenvalue weighted by Crippen LogP contribution is 2.16. The van der Waals surface area contributed by atoms with Crippen molar-refractivity contribution in [2.45, 2.75) is 38.0 Å². The SMILES string of the molecule is CCCc1cc(=O)[nH]c(-n2nc(C)cc2NC(=O)CCS(=O)(=O)c2ccccc2)n1. The van der Waals surface area contributed by atoms with Gasteiger partial charge in [-0.25, -0.2) is 13.4 Å². The van der Waals surface area contributed by atoms with Gasteiger partial charge in [0, 0.05) is 24.2 Å². The zero-order valence-corrected chi connectivity index (χ0v) is 17.6. The van der Waals surface area contributed by atoms with Crippen LogP contribution in [0.15, 0.2) is 52.2 Å². The van der Waals surface area contributed by atoms with Gasteiger partial charge in [0.15, 0.2) is 9.84 Å². The van der Waals surface area contributed by atoms with E-state index in [9.17, 15) is 18.0 Å². The number of H-pyrrole nitrogens is 1. The molecule has 10 heteroatoms. The number of rotatable bonds is 8. The first kappa shape index (κ1) is 21.4. The average molecular weight is 430 g/mol. The molecule has 1 amide bonds. The molecule has 9 nitrogen and oxygen atoms in total. The van der Waals surface area contributed by atoms with Gasteiger partial charge in [0.05, 0.1) is 16.3 Å². The maximum atomic E-state index is 12.4. The Hall–Kier alpha value is -3.27. The molecule has 30 heavy (non-hydrogen) atoms. The Morgan fingerprint density at radius 3 is 2.63 bits per heavy atom. The Balaban J connectivity index is 1.77. The van der Waals surface area contributed by atoms with Crippen molar-refractivity contribution >= 4 is 21.6 Å². The number of aryl methyl sites for hydroxylation is 2. The highest BCUT2D eigenvalue weighted by Gasteiger charge is 2.18. The van der Waals surface area contributed by atoms with Gasteiger partial charge in [0.25, 0.3) is 5.56 Å². The van der Waals surface area contributed by atoms with Gasteiger partial charge in [-0.15, -0.1) is 0 Å². The molecule has 0 unspecified atom stereocenters. The molecule has 0 spiro atoms. The Morgan fingerprint density at radius 2 is 1.93 bits per heavy atom. The number of nitrogens with one attached hydrogen (secondary N) is 2. The fourth-order valence-electron chi connectivity index (χ4n) is 2.91. The smallest absolute Gasteiger partial charge is 0.252 e. The van der Waals surface area contributed by atoms with E-state index in [1.165, 1.54) is 22.9 Å². The minimum atomic E-state index is -3.57. The van der Waals surface area contributed by atoms with Gasteiger partial charge in [0.2, 0.25) is 11.9 Å². The number of carbonyl (C=O) groups excluding carboxylic acids is 1. The minimum Gasteiger partial charge on any atom is -0.310 e. The second kappa shape index (κ2) is 9.04. The molecule has 2 heterocycles. The summed E-state index contributed by atoms with van der Waals surface area (Å²) in [4.78, 5) is 31.6. The molecule has 0 atom stereocenters. The number of amides is 1. The summed E-state index contributed by atoms with van der Waals surface area (Å²) in [6.07, 6.45) is 1.24. The number of sulfone groups is 1. The minimum absolute atomic E-state index is 0.174. The Bertz CT molecular complexity index is 1200. The van der Waals surface area contributed by atoms with Gasteiger partial charge in [-0.2, -0.15) is 9.78 Å². The molecule has 0 aliphatic heterocycles. The van der Waals surface area contributed by atoms with Gasteiger partial charge in [-0.1, -0.05) is 31.5 Å². The lowest BCUT2D eigenvalue weighted by atomic mass is 10.2. The summed E-state index contributed by atoms with van der Waals surface area (Å²) in [6.45, 7) is 3.72. The van der Waals surface area contributed by atoms with E-state index >= 15 is 0 Å². The van der Waals surface area contributed by atoms with Gasteiger partial charge < -0.3 is 5.32 Å². The molecular formula is C20H23N5O4S. The van der Waals surface area contributed by atoms with E-state index in [-0.39, 0.29) is 28.6 Å². The molecule has 3 rings (SSSR count). The first-order valence-electron chi connectivity index (χ1n) is 9.53. The lowest BCUT2D eigenvalue weighted by molar-refractivity contribution is -0.115. The predicted octanol–water partition coefficient (Wildman–Crippen LogP) is 2.02. The third kappa shape index (κ3) is 5.20. The fourth-order valence-corrected chi connectivity index (χ4v) is 4.17. The van der Waals surface area contributed by atoms with Gasteiger partial charge >= 0.3 is 0 Å². The number of benzene rings is 1. The van der Waals surface area contributed by atoms with Gasteiger partial charge in [-0.3, -0.25) is 14.6 Å². The van der Waals surface area contributed by atoms with Crippen LogP contribution in [0, 0.1) is 6.92 Å². The summed E-state index contributed by atoms with van der Waals surface area (Å²) in [5, 5.41) is 6.94. The van der Waals surface area contributed by atoms with Crippen LogP contribution >= 0.6 is 0 Å². The normalized spacial score (nSPS) is 11.4. The summed E-state index contributed by atoms with van der Waals surface area (Å²) in [7, 11) is -3.57. The Morgan fingerprint density at radius 1 is 1.20 bits per heavy atom. The molecule has 0 aliphatic rings. The predicted molar refractivity (Wildman–Crippen MR) is 112 cm³/mol. The third-order valence-corrected chi connectivity index (χ3v) is 6.02. The molecule has 158 valence electrons. The molecule has 2 aromatic heterocycles. The van der Waals surface area contributed by atoms with Crippen molar-refractivity contribution in [2.24, 2.45) is 0 Å². The largest absolute Gasteiger partial charge is 0.310 e. The highest BCUT2D eigenvalue weighted by atomic mass is 32.2. The Kier molecular flexibility index (Phi) is 6.46. The monoisotopic (exact) mass is 429 g/mol. The summed E-state index contributed by atoms with van der Waals surface area (Å²) in [6, 6.07) is 11.0. The van der Waals surface area contributed by atoms with Crippen molar-refractivity contribution in [3.05, 3.63) is 64.2 Å². The molecule has 0 bridgehead atoms. The highest BCUT2D eigenvalue weighted by molar-refractivity contribution is 7.91. The second-order valence-corrected chi connectivity index (χ2v) is 8.93. The van der Waals surface area contributed by atoms with Crippen LogP contribution in [-0.4, -0.2) is 39.8 Å². The lowest BCUT2D eigenvalue weighted by Gasteiger charge is -2.09. The molecule has 0 saturated carbocycles.